The Morgan fingerprint density at radius 3 is 2.90 bits per heavy atom. The topological polar surface area (TPSA) is 120 Å². The molecule has 1 aromatic rings. The third kappa shape index (κ3) is 4.11. The van der Waals surface area contributed by atoms with Crippen LogP contribution in [0, 0.1) is 16.0 Å². The molecule has 0 spiro atoms. The van der Waals surface area contributed by atoms with E-state index in [1.165, 1.54) is 11.0 Å². The van der Waals surface area contributed by atoms with E-state index < -0.39 is 10.9 Å². The van der Waals surface area contributed by atoms with Gasteiger partial charge in [0.1, 0.15) is 6.54 Å². The highest BCUT2D eigenvalue weighted by molar-refractivity contribution is 5.85. The molecule has 1 aliphatic rings. The van der Waals surface area contributed by atoms with E-state index in [0.29, 0.717) is 19.0 Å². The number of hydrogen-bond acceptors (Lipinski definition) is 6. The SMILES string of the molecule is CC1CCN(C(=O)Cn2cnc([N+](=O)[O-])n2)C(CN)C1.Cl. The Hall–Kier alpha value is -1.74. The average molecular weight is 319 g/mol. The zero-order chi connectivity index (χ0) is 14.7. The molecular formula is C11H19ClN6O3. The van der Waals surface area contributed by atoms with Gasteiger partial charge in [-0.3, -0.25) is 4.79 Å². The van der Waals surface area contributed by atoms with Gasteiger partial charge < -0.3 is 20.7 Å². The Morgan fingerprint density at radius 2 is 2.33 bits per heavy atom. The predicted molar refractivity (Wildman–Crippen MR) is 76.9 cm³/mol. The summed E-state index contributed by atoms with van der Waals surface area (Å²) in [7, 11) is 0. The molecule has 2 rings (SSSR count). The van der Waals surface area contributed by atoms with E-state index >= 15 is 0 Å². The molecule has 0 saturated carbocycles. The molecule has 1 aromatic heterocycles. The molecule has 0 aliphatic carbocycles. The number of rotatable bonds is 4. The van der Waals surface area contributed by atoms with Crippen molar-refractivity contribution >= 4 is 24.3 Å². The Bertz CT molecular complexity index is 508. The minimum atomic E-state index is -0.688. The maximum Gasteiger partial charge on any atom is 0.490 e. The van der Waals surface area contributed by atoms with Gasteiger partial charge in [-0.1, -0.05) is 11.9 Å². The lowest BCUT2D eigenvalue weighted by atomic mass is 9.92. The predicted octanol–water partition coefficient (Wildman–Crippen LogP) is 0.194. The first-order valence-corrected chi connectivity index (χ1v) is 6.54. The smallest absolute Gasteiger partial charge is 0.390 e. The van der Waals surface area contributed by atoms with Crippen molar-refractivity contribution in [2.24, 2.45) is 11.7 Å². The van der Waals surface area contributed by atoms with Crippen LogP contribution in [0.4, 0.5) is 5.95 Å². The second-order valence-electron chi connectivity index (χ2n) is 5.11. The first-order chi connectivity index (χ1) is 9.51. The fourth-order valence-corrected chi connectivity index (χ4v) is 2.48. The number of piperidine rings is 1. The molecule has 21 heavy (non-hydrogen) atoms. The highest BCUT2D eigenvalue weighted by Crippen LogP contribution is 2.22. The van der Waals surface area contributed by atoms with E-state index in [-0.39, 0.29) is 30.9 Å². The number of nitrogens with zero attached hydrogens (tertiary/aromatic N) is 5. The van der Waals surface area contributed by atoms with E-state index in [4.69, 9.17) is 5.73 Å². The number of aromatic nitrogens is 3. The number of likely N-dealkylation sites (tertiary alicyclic amines) is 1. The molecule has 9 nitrogen and oxygen atoms in total. The van der Waals surface area contributed by atoms with Crippen LogP contribution < -0.4 is 5.73 Å². The Labute approximate surface area is 128 Å². The maximum absolute atomic E-state index is 12.2. The van der Waals surface area contributed by atoms with Gasteiger partial charge in [0.05, 0.1) is 0 Å². The van der Waals surface area contributed by atoms with Gasteiger partial charge in [-0.15, -0.1) is 12.4 Å². The standard InChI is InChI=1S/C11H18N6O3.ClH/c1-8-2-3-16(9(4-8)5-12)10(18)6-15-7-13-11(14-15)17(19)20;/h7-9H,2-6,12H2,1H3;1H. The number of nitrogens with two attached hydrogens (primary N) is 1. The number of carbonyl (C=O) groups is 1. The van der Waals surface area contributed by atoms with Crippen molar-refractivity contribution in [3.63, 3.8) is 0 Å². The molecule has 1 aliphatic heterocycles. The van der Waals surface area contributed by atoms with Crippen LogP contribution >= 0.6 is 12.4 Å². The van der Waals surface area contributed by atoms with E-state index in [2.05, 4.69) is 17.0 Å². The lowest BCUT2D eigenvalue weighted by Gasteiger charge is -2.37. The molecular weight excluding hydrogens is 300 g/mol. The summed E-state index contributed by atoms with van der Waals surface area (Å²) in [6, 6.07) is 0.0322. The molecule has 0 aromatic carbocycles. The van der Waals surface area contributed by atoms with Crippen molar-refractivity contribution in [3.05, 3.63) is 16.4 Å². The Kier molecular flexibility index (Phi) is 6.03. The van der Waals surface area contributed by atoms with Crippen LogP contribution in [0.15, 0.2) is 6.33 Å². The summed E-state index contributed by atoms with van der Waals surface area (Å²) in [6.07, 6.45) is 3.03. The van der Waals surface area contributed by atoms with Crippen LogP contribution in [-0.2, 0) is 11.3 Å². The first kappa shape index (κ1) is 17.3. The summed E-state index contributed by atoms with van der Waals surface area (Å²) in [4.78, 5) is 27.3. The molecule has 118 valence electrons. The van der Waals surface area contributed by atoms with Crippen LogP contribution in [0.1, 0.15) is 19.8 Å². The second-order valence-corrected chi connectivity index (χ2v) is 5.11. The number of hydrogen-bond donors (Lipinski definition) is 1. The molecule has 1 fully saturated rings. The molecule has 2 heterocycles. The number of amides is 1. The number of nitro groups is 1. The highest BCUT2D eigenvalue weighted by Gasteiger charge is 2.29. The summed E-state index contributed by atoms with van der Waals surface area (Å²) in [5.74, 6) is -0.0763. The fourth-order valence-electron chi connectivity index (χ4n) is 2.48. The van der Waals surface area contributed by atoms with Gasteiger partial charge in [-0.25, -0.2) is 0 Å². The molecule has 2 N–H and O–H groups in total. The van der Waals surface area contributed by atoms with Gasteiger partial charge in [0.25, 0.3) is 0 Å². The summed E-state index contributed by atoms with van der Waals surface area (Å²) in [5, 5.41) is 14.1. The first-order valence-electron chi connectivity index (χ1n) is 6.54. The van der Waals surface area contributed by atoms with Crippen LogP contribution in [0.3, 0.4) is 0 Å². The molecule has 2 atom stereocenters. The summed E-state index contributed by atoms with van der Waals surface area (Å²) in [6.45, 7) is 3.18. The van der Waals surface area contributed by atoms with Crippen molar-refractivity contribution in [1.29, 1.82) is 0 Å². The van der Waals surface area contributed by atoms with Crippen LogP contribution in [0.25, 0.3) is 0 Å². The van der Waals surface area contributed by atoms with Gasteiger partial charge in [0, 0.05) is 24.2 Å². The summed E-state index contributed by atoms with van der Waals surface area (Å²) >= 11 is 0. The van der Waals surface area contributed by atoms with Crippen molar-refractivity contribution in [1.82, 2.24) is 19.7 Å². The highest BCUT2D eigenvalue weighted by atomic mass is 35.5. The molecule has 1 saturated heterocycles. The molecule has 0 bridgehead atoms. The van der Waals surface area contributed by atoms with E-state index in [9.17, 15) is 14.9 Å². The van der Waals surface area contributed by atoms with E-state index in [0.717, 1.165) is 12.8 Å². The molecule has 1 amide bonds. The minimum absolute atomic E-state index is 0. The molecule has 2 unspecified atom stereocenters. The van der Waals surface area contributed by atoms with E-state index in [1.807, 2.05) is 0 Å². The third-order valence-corrected chi connectivity index (χ3v) is 3.56. The van der Waals surface area contributed by atoms with Crippen molar-refractivity contribution in [3.8, 4) is 0 Å². The Morgan fingerprint density at radius 1 is 1.62 bits per heavy atom. The lowest BCUT2D eigenvalue weighted by molar-refractivity contribution is -0.394. The van der Waals surface area contributed by atoms with Crippen LogP contribution in [0.2, 0.25) is 0 Å². The lowest BCUT2D eigenvalue weighted by Crippen LogP contribution is -2.50. The second kappa shape index (κ2) is 7.32. The van der Waals surface area contributed by atoms with Crippen molar-refractivity contribution < 1.29 is 9.72 Å². The monoisotopic (exact) mass is 318 g/mol. The number of carbonyl (C=O) groups excluding carboxylic acids is 1. The zero-order valence-electron chi connectivity index (χ0n) is 11.7. The quantitative estimate of drug-likeness (QED) is 0.625. The fraction of sp³-hybridized carbons (Fsp3) is 0.727. The normalized spacial score (nSPS) is 21.7. The van der Waals surface area contributed by atoms with Crippen molar-refractivity contribution in [2.45, 2.75) is 32.4 Å². The van der Waals surface area contributed by atoms with Crippen LogP contribution in [0.5, 0.6) is 0 Å². The summed E-state index contributed by atoms with van der Waals surface area (Å²) in [5.41, 5.74) is 5.71. The van der Waals surface area contributed by atoms with Crippen LogP contribution in [-0.4, -0.2) is 49.6 Å². The van der Waals surface area contributed by atoms with Gasteiger partial charge in [-0.05, 0) is 23.7 Å². The molecule has 0 radical (unpaired) electrons. The Balaban J connectivity index is 0.00000220. The van der Waals surface area contributed by atoms with Gasteiger partial charge in [0.15, 0.2) is 0 Å². The van der Waals surface area contributed by atoms with Gasteiger partial charge in [-0.2, -0.15) is 4.68 Å². The minimum Gasteiger partial charge on any atom is -0.390 e. The maximum atomic E-state index is 12.2. The van der Waals surface area contributed by atoms with Gasteiger partial charge >= 0.3 is 5.95 Å². The molecule has 10 heteroatoms. The average Bonchev–Trinajstić information content (AvgIpc) is 2.87. The van der Waals surface area contributed by atoms with E-state index in [1.54, 1.807) is 4.90 Å². The van der Waals surface area contributed by atoms with Crippen molar-refractivity contribution in [2.75, 3.05) is 13.1 Å². The number of halogens is 1. The largest absolute Gasteiger partial charge is 0.490 e. The summed E-state index contributed by atoms with van der Waals surface area (Å²) < 4.78 is 1.19. The van der Waals surface area contributed by atoms with Gasteiger partial charge in [0.2, 0.25) is 12.2 Å². The third-order valence-electron chi connectivity index (χ3n) is 3.56. The zero-order valence-corrected chi connectivity index (χ0v) is 12.5.